The van der Waals surface area contributed by atoms with Crippen LogP contribution in [0.5, 0.6) is 0 Å². The van der Waals surface area contributed by atoms with E-state index in [-0.39, 0.29) is 23.7 Å². The first-order valence-electron chi connectivity index (χ1n) is 8.17. The highest BCUT2D eigenvalue weighted by atomic mass is 16.2. The molecule has 126 valence electrons. The van der Waals surface area contributed by atoms with Crippen molar-refractivity contribution in [2.75, 3.05) is 18.4 Å². The highest BCUT2D eigenvalue weighted by Crippen LogP contribution is 2.20. The van der Waals surface area contributed by atoms with Gasteiger partial charge in [-0.25, -0.2) is 4.98 Å². The monoisotopic (exact) mass is 318 g/mol. The third kappa shape index (κ3) is 4.51. The molecule has 0 aliphatic carbocycles. The molecule has 1 aliphatic heterocycles. The van der Waals surface area contributed by atoms with Gasteiger partial charge >= 0.3 is 0 Å². The predicted molar refractivity (Wildman–Crippen MR) is 89.7 cm³/mol. The summed E-state index contributed by atoms with van der Waals surface area (Å²) in [5.41, 5.74) is 6.80. The summed E-state index contributed by atoms with van der Waals surface area (Å²) in [6, 6.07) is 5.00. The topological polar surface area (TPSA) is 88.3 Å². The standard InChI is InChI=1S/C17H26N4O2/c1-11(2)15(18)17(23)21-9-5-7-13(10-21)16(22)20-14-8-4-6-12(3)19-14/h4,6,8,11,13,15H,5,7,9-10,18H2,1-3H3,(H,19,20,22)/t13?,15-/m0/s1. The van der Waals surface area contributed by atoms with Crippen molar-refractivity contribution in [3.8, 4) is 0 Å². The van der Waals surface area contributed by atoms with Gasteiger partial charge in [0.25, 0.3) is 0 Å². The molecule has 6 nitrogen and oxygen atoms in total. The van der Waals surface area contributed by atoms with Crippen molar-refractivity contribution in [2.24, 2.45) is 17.6 Å². The van der Waals surface area contributed by atoms with E-state index >= 15 is 0 Å². The molecule has 0 bridgehead atoms. The Morgan fingerprint density at radius 1 is 1.39 bits per heavy atom. The fraction of sp³-hybridized carbons (Fsp3) is 0.588. The number of hydrogen-bond acceptors (Lipinski definition) is 4. The number of aromatic nitrogens is 1. The van der Waals surface area contributed by atoms with Gasteiger partial charge in [0.15, 0.2) is 0 Å². The first kappa shape index (κ1) is 17.4. The van der Waals surface area contributed by atoms with E-state index in [1.807, 2.05) is 32.9 Å². The minimum Gasteiger partial charge on any atom is -0.341 e. The Hall–Kier alpha value is -1.95. The number of rotatable bonds is 4. The van der Waals surface area contributed by atoms with E-state index in [0.29, 0.717) is 18.9 Å². The summed E-state index contributed by atoms with van der Waals surface area (Å²) >= 11 is 0. The van der Waals surface area contributed by atoms with Crippen LogP contribution in [0.1, 0.15) is 32.4 Å². The van der Waals surface area contributed by atoms with Gasteiger partial charge in [-0.1, -0.05) is 19.9 Å². The maximum atomic E-state index is 12.4. The van der Waals surface area contributed by atoms with Gasteiger partial charge in [0.2, 0.25) is 11.8 Å². The Kier molecular flexibility index (Phi) is 5.71. The average Bonchev–Trinajstić information content (AvgIpc) is 2.53. The summed E-state index contributed by atoms with van der Waals surface area (Å²) < 4.78 is 0. The molecule has 1 aliphatic rings. The number of aryl methyl sites for hydroxylation is 1. The van der Waals surface area contributed by atoms with Crippen molar-refractivity contribution in [1.82, 2.24) is 9.88 Å². The van der Waals surface area contributed by atoms with Crippen LogP contribution >= 0.6 is 0 Å². The number of nitrogens with one attached hydrogen (secondary N) is 1. The number of carbonyl (C=O) groups excluding carboxylic acids is 2. The average molecular weight is 318 g/mol. The van der Waals surface area contributed by atoms with Crippen LogP contribution < -0.4 is 11.1 Å². The van der Waals surface area contributed by atoms with Crippen LogP contribution in [0.3, 0.4) is 0 Å². The van der Waals surface area contributed by atoms with Crippen LogP contribution in [0.15, 0.2) is 18.2 Å². The Balaban J connectivity index is 1.97. The predicted octanol–water partition coefficient (Wildman–Crippen LogP) is 1.55. The largest absolute Gasteiger partial charge is 0.341 e. The van der Waals surface area contributed by atoms with Crippen molar-refractivity contribution in [2.45, 2.75) is 39.7 Å². The first-order valence-corrected chi connectivity index (χ1v) is 8.17. The zero-order chi connectivity index (χ0) is 17.0. The van der Waals surface area contributed by atoms with E-state index < -0.39 is 6.04 Å². The van der Waals surface area contributed by atoms with Gasteiger partial charge in [0.1, 0.15) is 5.82 Å². The molecule has 1 unspecified atom stereocenters. The molecule has 1 aromatic heterocycles. The quantitative estimate of drug-likeness (QED) is 0.881. The fourth-order valence-electron chi connectivity index (χ4n) is 2.73. The number of pyridine rings is 1. The molecule has 0 radical (unpaired) electrons. The highest BCUT2D eigenvalue weighted by molar-refractivity contribution is 5.92. The molecular weight excluding hydrogens is 292 g/mol. The van der Waals surface area contributed by atoms with Gasteiger partial charge in [0.05, 0.1) is 12.0 Å². The van der Waals surface area contributed by atoms with Crippen LogP contribution in [-0.2, 0) is 9.59 Å². The van der Waals surface area contributed by atoms with Gasteiger partial charge in [0, 0.05) is 18.8 Å². The second-order valence-electron chi connectivity index (χ2n) is 6.55. The van der Waals surface area contributed by atoms with Gasteiger partial charge in [-0.15, -0.1) is 0 Å². The van der Waals surface area contributed by atoms with E-state index in [1.165, 1.54) is 0 Å². The minimum atomic E-state index is -0.504. The molecule has 0 saturated carbocycles. The summed E-state index contributed by atoms with van der Waals surface area (Å²) in [6.07, 6.45) is 1.59. The Labute approximate surface area is 137 Å². The van der Waals surface area contributed by atoms with E-state index in [9.17, 15) is 9.59 Å². The summed E-state index contributed by atoms with van der Waals surface area (Å²) in [4.78, 5) is 30.8. The lowest BCUT2D eigenvalue weighted by molar-refractivity contribution is -0.136. The van der Waals surface area contributed by atoms with Crippen LogP contribution in [0.25, 0.3) is 0 Å². The van der Waals surface area contributed by atoms with Crippen molar-refractivity contribution in [1.29, 1.82) is 0 Å². The second-order valence-corrected chi connectivity index (χ2v) is 6.55. The van der Waals surface area contributed by atoms with Crippen molar-refractivity contribution < 1.29 is 9.59 Å². The molecule has 0 aromatic carbocycles. The molecule has 1 saturated heterocycles. The molecule has 1 fully saturated rings. The molecule has 2 atom stereocenters. The molecular formula is C17H26N4O2. The lowest BCUT2D eigenvalue weighted by Gasteiger charge is -2.34. The van der Waals surface area contributed by atoms with Crippen LogP contribution in [-0.4, -0.2) is 40.8 Å². The van der Waals surface area contributed by atoms with Crippen molar-refractivity contribution in [3.63, 3.8) is 0 Å². The Morgan fingerprint density at radius 3 is 2.78 bits per heavy atom. The smallest absolute Gasteiger partial charge is 0.239 e. The Bertz CT molecular complexity index is 573. The third-order valence-corrected chi connectivity index (χ3v) is 4.25. The molecule has 2 heterocycles. The normalized spacial score (nSPS) is 19.5. The number of nitrogens with two attached hydrogens (primary N) is 1. The zero-order valence-corrected chi connectivity index (χ0v) is 14.1. The number of carbonyl (C=O) groups is 2. The third-order valence-electron chi connectivity index (χ3n) is 4.25. The van der Waals surface area contributed by atoms with Gasteiger partial charge in [-0.05, 0) is 37.8 Å². The lowest BCUT2D eigenvalue weighted by Crippen LogP contribution is -2.51. The maximum absolute atomic E-state index is 12.4. The van der Waals surface area contributed by atoms with Gasteiger partial charge in [-0.3, -0.25) is 9.59 Å². The molecule has 2 amide bonds. The molecule has 0 spiro atoms. The number of likely N-dealkylation sites (tertiary alicyclic amines) is 1. The van der Waals surface area contributed by atoms with Gasteiger partial charge < -0.3 is 16.0 Å². The molecule has 3 N–H and O–H groups in total. The number of amides is 2. The number of piperidine rings is 1. The van der Waals surface area contributed by atoms with E-state index in [4.69, 9.17) is 5.73 Å². The van der Waals surface area contributed by atoms with Crippen LogP contribution in [0.2, 0.25) is 0 Å². The summed E-state index contributed by atoms with van der Waals surface area (Å²) in [7, 11) is 0. The fourth-order valence-corrected chi connectivity index (χ4v) is 2.73. The Morgan fingerprint density at radius 2 is 2.13 bits per heavy atom. The minimum absolute atomic E-state index is 0.0637. The summed E-state index contributed by atoms with van der Waals surface area (Å²) in [5, 5.41) is 2.84. The van der Waals surface area contributed by atoms with E-state index in [1.54, 1.807) is 11.0 Å². The van der Waals surface area contributed by atoms with Crippen LogP contribution in [0.4, 0.5) is 5.82 Å². The maximum Gasteiger partial charge on any atom is 0.239 e. The first-order chi connectivity index (χ1) is 10.9. The van der Waals surface area contributed by atoms with E-state index in [2.05, 4.69) is 10.3 Å². The molecule has 2 rings (SSSR count). The zero-order valence-electron chi connectivity index (χ0n) is 14.1. The van der Waals surface area contributed by atoms with Crippen molar-refractivity contribution in [3.05, 3.63) is 23.9 Å². The van der Waals surface area contributed by atoms with E-state index in [0.717, 1.165) is 18.5 Å². The summed E-state index contributed by atoms with van der Waals surface area (Å²) in [6.45, 7) is 6.84. The number of anilines is 1. The van der Waals surface area contributed by atoms with Crippen molar-refractivity contribution >= 4 is 17.6 Å². The highest BCUT2D eigenvalue weighted by Gasteiger charge is 2.31. The lowest BCUT2D eigenvalue weighted by atomic mass is 9.95. The SMILES string of the molecule is Cc1cccc(NC(=O)C2CCCN(C(=O)[C@@H](N)C(C)C)C2)n1. The molecule has 23 heavy (non-hydrogen) atoms. The summed E-state index contributed by atoms with van der Waals surface area (Å²) in [5.74, 6) is 0.282. The molecule has 1 aromatic rings. The second kappa shape index (κ2) is 7.55. The number of nitrogens with zero attached hydrogens (tertiary/aromatic N) is 2. The van der Waals surface area contributed by atoms with Gasteiger partial charge in [-0.2, -0.15) is 0 Å². The van der Waals surface area contributed by atoms with Crippen LogP contribution in [0, 0.1) is 18.8 Å². The number of hydrogen-bond donors (Lipinski definition) is 2. The molecule has 6 heteroatoms.